The Morgan fingerprint density at radius 2 is 2.05 bits per heavy atom. The molecule has 0 saturated heterocycles. The van der Waals surface area contributed by atoms with Gasteiger partial charge >= 0.3 is 0 Å². The molecule has 4 heteroatoms. The number of benzene rings is 1. The molecule has 0 spiro atoms. The van der Waals surface area contributed by atoms with E-state index in [0.29, 0.717) is 12.0 Å². The molecule has 1 aromatic carbocycles. The van der Waals surface area contributed by atoms with E-state index < -0.39 is 0 Å². The van der Waals surface area contributed by atoms with Crippen LogP contribution in [0.4, 0.5) is 5.82 Å². The Morgan fingerprint density at radius 1 is 1.21 bits per heavy atom. The first-order valence-electron chi connectivity index (χ1n) is 6.91. The van der Waals surface area contributed by atoms with Crippen LogP contribution in [0, 0.1) is 5.92 Å². The van der Waals surface area contributed by atoms with Gasteiger partial charge in [0.15, 0.2) is 0 Å². The van der Waals surface area contributed by atoms with Gasteiger partial charge in [-0.15, -0.1) is 0 Å². The Labute approximate surface area is 122 Å². The number of hydrogen-bond acceptors (Lipinski definition) is 3. The number of nitrogens with one attached hydrogen (secondary N) is 1. The molecular formula is C15H18BrN3. The predicted molar refractivity (Wildman–Crippen MR) is 82.3 cm³/mol. The van der Waals surface area contributed by atoms with Gasteiger partial charge in [0.25, 0.3) is 0 Å². The molecule has 3 nitrogen and oxygen atoms in total. The standard InChI is InChI=1S/C15H18BrN3/c1-10-4-2-3-5-13(10)19-15-12-8-11(16)6-7-14(12)17-9-18-15/h6-10,13H,2-5H2,1H3,(H,17,18,19)/t10-,13-/m0/s1. The fraction of sp³-hybridized carbons (Fsp3) is 0.467. The number of rotatable bonds is 2. The van der Waals surface area contributed by atoms with E-state index in [0.717, 1.165) is 21.2 Å². The number of anilines is 1. The van der Waals surface area contributed by atoms with Gasteiger partial charge in [0, 0.05) is 15.9 Å². The molecule has 1 fully saturated rings. The quantitative estimate of drug-likeness (QED) is 0.892. The number of fused-ring (bicyclic) bond motifs is 1. The van der Waals surface area contributed by atoms with E-state index >= 15 is 0 Å². The first kappa shape index (κ1) is 12.9. The maximum Gasteiger partial charge on any atom is 0.137 e. The lowest BCUT2D eigenvalue weighted by atomic mass is 9.86. The molecule has 0 unspecified atom stereocenters. The summed E-state index contributed by atoms with van der Waals surface area (Å²) in [5.41, 5.74) is 0.990. The van der Waals surface area contributed by atoms with Crippen molar-refractivity contribution < 1.29 is 0 Å². The van der Waals surface area contributed by atoms with Crippen LogP contribution in [0.2, 0.25) is 0 Å². The Morgan fingerprint density at radius 3 is 2.89 bits per heavy atom. The van der Waals surface area contributed by atoms with Crippen LogP contribution in [0.25, 0.3) is 10.9 Å². The number of halogens is 1. The van der Waals surface area contributed by atoms with E-state index in [2.05, 4.69) is 44.2 Å². The molecule has 0 amide bonds. The number of aromatic nitrogens is 2. The maximum absolute atomic E-state index is 4.43. The third-order valence-corrected chi connectivity index (χ3v) is 4.52. The maximum atomic E-state index is 4.43. The van der Waals surface area contributed by atoms with Crippen molar-refractivity contribution >= 4 is 32.7 Å². The minimum atomic E-state index is 0.533. The van der Waals surface area contributed by atoms with Crippen LogP contribution in [0.1, 0.15) is 32.6 Å². The molecule has 1 saturated carbocycles. The van der Waals surface area contributed by atoms with Gasteiger partial charge in [-0.3, -0.25) is 0 Å². The molecule has 2 atom stereocenters. The highest BCUT2D eigenvalue weighted by Crippen LogP contribution is 2.29. The van der Waals surface area contributed by atoms with E-state index in [1.807, 2.05) is 12.1 Å². The number of nitrogens with zero attached hydrogens (tertiary/aromatic N) is 2. The van der Waals surface area contributed by atoms with E-state index in [9.17, 15) is 0 Å². The molecule has 1 aliphatic carbocycles. The molecular weight excluding hydrogens is 302 g/mol. The lowest BCUT2D eigenvalue weighted by molar-refractivity contribution is 0.349. The number of hydrogen-bond donors (Lipinski definition) is 1. The van der Waals surface area contributed by atoms with Crippen LogP contribution >= 0.6 is 15.9 Å². The molecule has 3 rings (SSSR count). The SMILES string of the molecule is C[C@H]1CCCC[C@@H]1Nc1ncnc2ccc(Br)cc12. The largest absolute Gasteiger partial charge is 0.366 e. The average molecular weight is 320 g/mol. The summed E-state index contributed by atoms with van der Waals surface area (Å²) >= 11 is 3.52. The zero-order chi connectivity index (χ0) is 13.2. The Hall–Kier alpha value is -1.16. The molecule has 100 valence electrons. The summed E-state index contributed by atoms with van der Waals surface area (Å²) in [7, 11) is 0. The van der Waals surface area contributed by atoms with Gasteiger partial charge in [-0.2, -0.15) is 0 Å². The zero-order valence-corrected chi connectivity index (χ0v) is 12.7. The third kappa shape index (κ3) is 2.73. The van der Waals surface area contributed by atoms with Crippen LogP contribution in [-0.4, -0.2) is 16.0 Å². The van der Waals surface area contributed by atoms with Crippen molar-refractivity contribution in [3.63, 3.8) is 0 Å². The molecule has 2 aromatic rings. The fourth-order valence-corrected chi connectivity index (χ4v) is 3.21. The molecule has 1 aliphatic rings. The predicted octanol–water partition coefficient (Wildman–Crippen LogP) is 4.38. The minimum absolute atomic E-state index is 0.533. The summed E-state index contributed by atoms with van der Waals surface area (Å²) < 4.78 is 1.06. The topological polar surface area (TPSA) is 37.8 Å². The lowest BCUT2D eigenvalue weighted by Crippen LogP contribution is -2.30. The van der Waals surface area contributed by atoms with Crippen molar-refractivity contribution in [2.24, 2.45) is 5.92 Å². The zero-order valence-electron chi connectivity index (χ0n) is 11.1. The van der Waals surface area contributed by atoms with Crippen molar-refractivity contribution in [3.05, 3.63) is 29.0 Å². The van der Waals surface area contributed by atoms with E-state index in [-0.39, 0.29) is 0 Å². The summed E-state index contributed by atoms with van der Waals surface area (Å²) in [6.07, 6.45) is 6.86. The first-order valence-corrected chi connectivity index (χ1v) is 7.70. The van der Waals surface area contributed by atoms with Gasteiger partial charge in [0.2, 0.25) is 0 Å². The van der Waals surface area contributed by atoms with Crippen LogP contribution in [0.15, 0.2) is 29.0 Å². The molecule has 0 bridgehead atoms. The van der Waals surface area contributed by atoms with Crippen LogP contribution in [-0.2, 0) is 0 Å². The van der Waals surface area contributed by atoms with Gasteiger partial charge in [-0.05, 0) is 37.0 Å². The highest BCUT2D eigenvalue weighted by molar-refractivity contribution is 9.10. The summed E-state index contributed by atoms with van der Waals surface area (Å²) in [6.45, 7) is 2.33. The summed E-state index contributed by atoms with van der Waals surface area (Å²) in [5, 5.41) is 4.72. The van der Waals surface area contributed by atoms with E-state index in [4.69, 9.17) is 0 Å². The highest BCUT2D eigenvalue weighted by atomic mass is 79.9. The Balaban J connectivity index is 1.93. The third-order valence-electron chi connectivity index (χ3n) is 4.03. The minimum Gasteiger partial charge on any atom is -0.366 e. The van der Waals surface area contributed by atoms with E-state index in [1.54, 1.807) is 6.33 Å². The fourth-order valence-electron chi connectivity index (χ4n) is 2.85. The van der Waals surface area contributed by atoms with Crippen molar-refractivity contribution in [3.8, 4) is 0 Å². The van der Waals surface area contributed by atoms with Gasteiger partial charge in [0.05, 0.1) is 5.52 Å². The summed E-state index contributed by atoms with van der Waals surface area (Å²) in [4.78, 5) is 8.76. The van der Waals surface area contributed by atoms with Crippen molar-refractivity contribution in [1.82, 2.24) is 9.97 Å². The van der Waals surface area contributed by atoms with Gasteiger partial charge in [-0.25, -0.2) is 9.97 Å². The van der Waals surface area contributed by atoms with Crippen molar-refractivity contribution in [1.29, 1.82) is 0 Å². The monoisotopic (exact) mass is 319 g/mol. The van der Waals surface area contributed by atoms with Gasteiger partial charge < -0.3 is 5.32 Å². The highest BCUT2D eigenvalue weighted by Gasteiger charge is 2.22. The summed E-state index contributed by atoms with van der Waals surface area (Å²) in [6, 6.07) is 6.66. The van der Waals surface area contributed by atoms with Crippen LogP contribution in [0.5, 0.6) is 0 Å². The first-order chi connectivity index (χ1) is 9.24. The second-order valence-electron chi connectivity index (χ2n) is 5.40. The molecule has 1 aromatic heterocycles. The average Bonchev–Trinajstić information content (AvgIpc) is 2.42. The van der Waals surface area contributed by atoms with Crippen molar-refractivity contribution in [2.75, 3.05) is 5.32 Å². The summed E-state index contributed by atoms with van der Waals surface area (Å²) in [5.74, 6) is 1.68. The lowest BCUT2D eigenvalue weighted by Gasteiger charge is -2.30. The van der Waals surface area contributed by atoms with E-state index in [1.165, 1.54) is 25.7 Å². The van der Waals surface area contributed by atoms with Crippen LogP contribution < -0.4 is 5.32 Å². The molecule has 0 radical (unpaired) electrons. The van der Waals surface area contributed by atoms with Crippen molar-refractivity contribution in [2.45, 2.75) is 38.6 Å². The van der Waals surface area contributed by atoms with Gasteiger partial charge in [0.1, 0.15) is 12.1 Å². The smallest absolute Gasteiger partial charge is 0.137 e. The Kier molecular flexibility index (Phi) is 3.69. The normalized spacial score (nSPS) is 23.5. The second-order valence-corrected chi connectivity index (χ2v) is 6.31. The molecule has 19 heavy (non-hydrogen) atoms. The molecule has 1 heterocycles. The van der Waals surface area contributed by atoms with Gasteiger partial charge in [-0.1, -0.05) is 35.7 Å². The molecule has 1 N–H and O–H groups in total. The second kappa shape index (κ2) is 5.45. The van der Waals surface area contributed by atoms with Crippen LogP contribution in [0.3, 0.4) is 0 Å². The Bertz CT molecular complexity index is 585. The molecule has 0 aliphatic heterocycles.